The van der Waals surface area contributed by atoms with Crippen LogP contribution in [-0.2, 0) is 0 Å². The molecule has 0 atom stereocenters. The summed E-state index contributed by atoms with van der Waals surface area (Å²) in [7, 11) is 0. The van der Waals surface area contributed by atoms with Crippen molar-refractivity contribution in [1.82, 2.24) is 9.97 Å². The van der Waals surface area contributed by atoms with Gasteiger partial charge in [-0.3, -0.25) is 0 Å². The third-order valence-corrected chi connectivity index (χ3v) is 8.62. The molecule has 0 aliphatic carbocycles. The van der Waals surface area contributed by atoms with Crippen molar-refractivity contribution in [3.63, 3.8) is 0 Å². The Labute approximate surface area is 291 Å². The molecule has 0 aliphatic rings. The van der Waals surface area contributed by atoms with Gasteiger partial charge in [0.05, 0.1) is 11.2 Å². The van der Waals surface area contributed by atoms with Gasteiger partial charge in [-0.05, 0) is 89.0 Å². The fourth-order valence-corrected chi connectivity index (χ4v) is 6.33. The second-order valence-corrected chi connectivity index (χ2v) is 12.1. The van der Waals surface area contributed by atoms with Gasteiger partial charge in [0.1, 0.15) is 23.3 Å². The molecule has 0 aliphatic heterocycles. The molecule has 7 heteroatoms. The second kappa shape index (κ2) is 13.4. The van der Waals surface area contributed by atoms with Gasteiger partial charge in [-0.25, -0.2) is 27.5 Å². The van der Waals surface area contributed by atoms with E-state index >= 15 is 0 Å². The van der Waals surface area contributed by atoms with Crippen molar-refractivity contribution in [1.29, 1.82) is 0 Å². The summed E-state index contributed by atoms with van der Waals surface area (Å²) in [6.45, 7) is 0. The Morgan fingerprint density at radius 2 is 0.824 bits per heavy atom. The van der Waals surface area contributed by atoms with E-state index in [0.717, 1.165) is 45.5 Å². The number of anilines is 3. The molecule has 0 unspecified atom stereocenters. The molecule has 8 rings (SSSR count). The highest BCUT2D eigenvalue weighted by Gasteiger charge is 2.19. The normalized spacial score (nSPS) is 11.1. The van der Waals surface area contributed by atoms with Crippen molar-refractivity contribution < 1.29 is 17.6 Å². The number of aromatic nitrogens is 2. The molecule has 8 aromatic rings. The van der Waals surface area contributed by atoms with Gasteiger partial charge in [0.15, 0.2) is 5.82 Å². The van der Waals surface area contributed by atoms with Crippen LogP contribution in [0.5, 0.6) is 0 Å². The number of benzene rings is 7. The van der Waals surface area contributed by atoms with E-state index in [-0.39, 0.29) is 0 Å². The molecule has 1 heterocycles. The largest absolute Gasteiger partial charge is 0.310 e. The molecule has 0 bridgehead atoms. The lowest BCUT2D eigenvalue weighted by molar-refractivity contribution is 0.583. The maximum Gasteiger partial charge on any atom is 0.160 e. The first-order valence-corrected chi connectivity index (χ1v) is 16.2. The SMILES string of the molecule is Fc1cc(F)cc(-c2cccc(N(c3cccc(-c4cc(F)cc(F)c4)c3)c3ccc4nc(-c5ccccc5)nc(-c5ccccc5)c4c3)c2)c1. The van der Waals surface area contributed by atoms with E-state index in [2.05, 4.69) is 0 Å². The van der Waals surface area contributed by atoms with Crippen LogP contribution >= 0.6 is 0 Å². The molecule has 0 fully saturated rings. The zero-order valence-corrected chi connectivity index (χ0v) is 26.9. The summed E-state index contributed by atoms with van der Waals surface area (Å²) in [5.74, 6) is -2.13. The average Bonchev–Trinajstić information content (AvgIpc) is 3.15. The van der Waals surface area contributed by atoms with E-state index in [1.54, 1.807) is 12.1 Å². The highest BCUT2D eigenvalue weighted by molar-refractivity contribution is 5.97. The van der Waals surface area contributed by atoms with E-state index in [1.165, 1.54) is 24.3 Å². The Hall–Kier alpha value is -6.60. The monoisotopic (exact) mass is 673 g/mol. The van der Waals surface area contributed by atoms with Gasteiger partial charge in [0, 0.05) is 45.7 Å². The molecule has 0 amide bonds. The molecule has 0 radical (unpaired) electrons. The summed E-state index contributed by atoms with van der Waals surface area (Å²) in [5, 5.41) is 0.801. The van der Waals surface area contributed by atoms with Crippen LogP contribution in [0.25, 0.3) is 55.8 Å². The molecule has 0 saturated heterocycles. The van der Waals surface area contributed by atoms with Crippen LogP contribution in [0.2, 0.25) is 0 Å². The Morgan fingerprint density at radius 1 is 0.353 bits per heavy atom. The van der Waals surface area contributed by atoms with E-state index in [1.807, 2.05) is 120 Å². The van der Waals surface area contributed by atoms with Crippen molar-refractivity contribution in [2.75, 3.05) is 4.90 Å². The predicted octanol–water partition coefficient (Wildman–Crippen LogP) is 12.3. The first-order chi connectivity index (χ1) is 24.9. The van der Waals surface area contributed by atoms with Gasteiger partial charge in [0.25, 0.3) is 0 Å². The molecule has 51 heavy (non-hydrogen) atoms. The summed E-state index contributed by atoms with van der Waals surface area (Å²) in [5.41, 5.74) is 7.34. The van der Waals surface area contributed by atoms with Crippen LogP contribution in [0.3, 0.4) is 0 Å². The lowest BCUT2D eigenvalue weighted by atomic mass is 10.0. The zero-order chi connectivity index (χ0) is 34.9. The van der Waals surface area contributed by atoms with Crippen LogP contribution in [0.15, 0.2) is 164 Å². The fourth-order valence-electron chi connectivity index (χ4n) is 6.33. The third-order valence-electron chi connectivity index (χ3n) is 8.62. The zero-order valence-electron chi connectivity index (χ0n) is 26.9. The number of hydrogen-bond donors (Lipinski definition) is 0. The van der Waals surface area contributed by atoms with Crippen molar-refractivity contribution in [3.05, 3.63) is 187 Å². The maximum atomic E-state index is 14.3. The number of hydrogen-bond acceptors (Lipinski definition) is 3. The van der Waals surface area contributed by atoms with Crippen LogP contribution in [0, 0.1) is 23.3 Å². The molecule has 246 valence electrons. The van der Waals surface area contributed by atoms with Gasteiger partial charge in [-0.15, -0.1) is 0 Å². The molecule has 0 N–H and O–H groups in total. The maximum absolute atomic E-state index is 14.3. The summed E-state index contributed by atoms with van der Waals surface area (Å²) < 4.78 is 57.2. The number of nitrogens with zero attached hydrogens (tertiary/aromatic N) is 3. The summed E-state index contributed by atoms with van der Waals surface area (Å²) in [6, 6.07) is 47.1. The summed E-state index contributed by atoms with van der Waals surface area (Å²) in [4.78, 5) is 12.0. The van der Waals surface area contributed by atoms with Crippen molar-refractivity contribution in [2.24, 2.45) is 0 Å². The van der Waals surface area contributed by atoms with Gasteiger partial charge in [-0.1, -0.05) is 84.9 Å². The van der Waals surface area contributed by atoms with Crippen molar-refractivity contribution in [3.8, 4) is 44.9 Å². The van der Waals surface area contributed by atoms with E-state index < -0.39 is 23.3 Å². The van der Waals surface area contributed by atoms with Crippen LogP contribution in [0.1, 0.15) is 0 Å². The van der Waals surface area contributed by atoms with Crippen LogP contribution < -0.4 is 4.90 Å². The number of halogens is 4. The van der Waals surface area contributed by atoms with E-state index in [9.17, 15) is 17.6 Å². The molecule has 7 aromatic carbocycles. The number of rotatable bonds is 7. The van der Waals surface area contributed by atoms with Crippen molar-refractivity contribution in [2.45, 2.75) is 0 Å². The lowest BCUT2D eigenvalue weighted by Gasteiger charge is -2.27. The standard InChI is InChI=1S/C44H27F4N3/c45-34-19-32(20-35(46)25-34)30-13-7-15-38(23-30)51(39-16-8-14-31(24-39)33-21-36(47)26-37(48)22-33)40-17-18-42-41(27-40)43(28-9-3-1-4-10-28)50-44(49-42)29-11-5-2-6-12-29/h1-27H. The Morgan fingerprint density at radius 3 is 1.35 bits per heavy atom. The highest BCUT2D eigenvalue weighted by Crippen LogP contribution is 2.41. The minimum atomic E-state index is -0.680. The highest BCUT2D eigenvalue weighted by atomic mass is 19.1. The van der Waals surface area contributed by atoms with Gasteiger partial charge in [-0.2, -0.15) is 0 Å². The molecule has 1 aromatic heterocycles. The first-order valence-electron chi connectivity index (χ1n) is 16.2. The molecule has 3 nitrogen and oxygen atoms in total. The van der Waals surface area contributed by atoms with Crippen molar-refractivity contribution >= 4 is 28.0 Å². The molecular formula is C44H27F4N3. The summed E-state index contributed by atoms with van der Waals surface area (Å²) in [6.07, 6.45) is 0. The smallest absolute Gasteiger partial charge is 0.160 e. The van der Waals surface area contributed by atoms with Gasteiger partial charge >= 0.3 is 0 Å². The Balaban J connectivity index is 1.34. The third kappa shape index (κ3) is 6.57. The second-order valence-electron chi connectivity index (χ2n) is 12.1. The van der Waals surface area contributed by atoms with E-state index in [0.29, 0.717) is 39.5 Å². The molecular weight excluding hydrogens is 646 g/mol. The first kappa shape index (κ1) is 31.7. The van der Waals surface area contributed by atoms with Gasteiger partial charge < -0.3 is 4.90 Å². The fraction of sp³-hybridized carbons (Fsp3) is 0. The minimum Gasteiger partial charge on any atom is -0.310 e. The van der Waals surface area contributed by atoms with Crippen LogP contribution in [-0.4, -0.2) is 9.97 Å². The number of fused-ring (bicyclic) bond motifs is 1. The Bertz CT molecular complexity index is 2400. The molecule has 0 saturated carbocycles. The lowest BCUT2D eigenvalue weighted by Crippen LogP contribution is -2.10. The summed E-state index contributed by atoms with van der Waals surface area (Å²) >= 11 is 0. The quantitative estimate of drug-likeness (QED) is 0.158. The minimum absolute atomic E-state index is 0.380. The van der Waals surface area contributed by atoms with Gasteiger partial charge in [0.2, 0.25) is 0 Å². The predicted molar refractivity (Wildman–Crippen MR) is 196 cm³/mol. The van der Waals surface area contributed by atoms with Crippen LogP contribution in [0.4, 0.5) is 34.6 Å². The Kier molecular flexibility index (Phi) is 8.30. The molecule has 0 spiro atoms. The average molecular weight is 674 g/mol. The van der Waals surface area contributed by atoms with E-state index in [4.69, 9.17) is 9.97 Å². The topological polar surface area (TPSA) is 29.0 Å².